The minimum atomic E-state index is -1.15. The zero-order valence-corrected chi connectivity index (χ0v) is 20.9. The van der Waals surface area contributed by atoms with Crippen LogP contribution in [-0.2, 0) is 18.6 Å². The molecule has 4 rings (SSSR count). The first kappa shape index (κ1) is 26.3. The fourth-order valence-electron chi connectivity index (χ4n) is 3.97. The van der Waals surface area contributed by atoms with E-state index in [2.05, 4.69) is 20.4 Å². The van der Waals surface area contributed by atoms with E-state index in [1.807, 2.05) is 0 Å². The van der Waals surface area contributed by atoms with Crippen molar-refractivity contribution < 1.29 is 28.5 Å². The number of rotatable bonds is 10. The molecule has 2 N–H and O–H groups in total. The lowest BCUT2D eigenvalue weighted by Gasteiger charge is -2.22. The third-order valence-electron chi connectivity index (χ3n) is 5.91. The summed E-state index contributed by atoms with van der Waals surface area (Å²) in [6.45, 7) is 5.81. The number of ketones is 1. The molecule has 37 heavy (non-hydrogen) atoms. The molecule has 196 valence electrons. The second kappa shape index (κ2) is 9.94. The van der Waals surface area contributed by atoms with Crippen LogP contribution in [0.2, 0.25) is 0 Å². The summed E-state index contributed by atoms with van der Waals surface area (Å²) in [5.41, 5.74) is -1.46. The molecule has 1 aromatic carbocycles. The van der Waals surface area contributed by atoms with Gasteiger partial charge in [-0.3, -0.25) is 9.20 Å². The van der Waals surface area contributed by atoms with Crippen molar-refractivity contribution in [3.05, 3.63) is 70.9 Å². The quantitative estimate of drug-likeness (QED) is 0.309. The van der Waals surface area contributed by atoms with Crippen LogP contribution in [0, 0.1) is 18.6 Å². The molecule has 0 radical (unpaired) electrons. The number of aryl methyl sites for hydroxylation is 1. The Morgan fingerprint density at radius 1 is 1.14 bits per heavy atom. The van der Waals surface area contributed by atoms with Crippen LogP contribution in [0.4, 0.5) is 8.78 Å². The van der Waals surface area contributed by atoms with Crippen LogP contribution in [0.1, 0.15) is 54.8 Å². The van der Waals surface area contributed by atoms with Crippen molar-refractivity contribution in [3.8, 4) is 5.75 Å². The lowest BCUT2D eigenvalue weighted by Crippen LogP contribution is -2.33. The summed E-state index contributed by atoms with van der Waals surface area (Å²) in [5.74, 6) is -1.38. The predicted octanol–water partition coefficient (Wildman–Crippen LogP) is 2.78. The van der Waals surface area contributed by atoms with Crippen molar-refractivity contribution in [2.24, 2.45) is 0 Å². The minimum Gasteiger partial charge on any atom is -0.485 e. The normalized spacial score (nSPS) is 13.6. The molecule has 0 fully saturated rings. The summed E-state index contributed by atoms with van der Waals surface area (Å²) in [5, 5.41) is 32.3. The number of halogens is 2. The standard InChI is InChI=1S/C25H28F2N6O4/c1-15-21(19(35)11-25(4,14-34)23-29-31-33(30-23)13-24(2,3)36)32-10-6-9-20(22(32)28-15)37-12-16-17(26)7-5-8-18(16)27/h5-10,34,36H,11-14H2,1-4H3. The average Bonchev–Trinajstić information content (AvgIpc) is 3.41. The highest BCUT2D eigenvalue weighted by molar-refractivity contribution is 5.97. The topological polar surface area (TPSA) is 128 Å². The van der Waals surface area contributed by atoms with Crippen LogP contribution in [0.3, 0.4) is 0 Å². The molecule has 0 amide bonds. The van der Waals surface area contributed by atoms with Crippen molar-refractivity contribution in [3.63, 3.8) is 0 Å². The molecule has 0 bridgehead atoms. The molecule has 4 aromatic rings. The maximum absolute atomic E-state index is 14.0. The monoisotopic (exact) mass is 514 g/mol. The maximum Gasteiger partial charge on any atom is 0.183 e. The number of benzene rings is 1. The Kier molecular flexibility index (Phi) is 7.07. The first-order valence-corrected chi connectivity index (χ1v) is 11.6. The van der Waals surface area contributed by atoms with Gasteiger partial charge in [0.25, 0.3) is 0 Å². The Morgan fingerprint density at radius 3 is 2.49 bits per heavy atom. The molecular formula is C25H28F2N6O4. The van der Waals surface area contributed by atoms with Gasteiger partial charge in [-0.2, -0.15) is 4.80 Å². The van der Waals surface area contributed by atoms with E-state index in [4.69, 9.17) is 4.74 Å². The third kappa shape index (κ3) is 5.49. The smallest absolute Gasteiger partial charge is 0.183 e. The van der Waals surface area contributed by atoms with E-state index in [-0.39, 0.29) is 48.2 Å². The number of hydrogen-bond acceptors (Lipinski definition) is 8. The summed E-state index contributed by atoms with van der Waals surface area (Å²) in [7, 11) is 0. The number of tetrazole rings is 1. The lowest BCUT2D eigenvalue weighted by atomic mass is 9.84. The van der Waals surface area contributed by atoms with Gasteiger partial charge in [-0.25, -0.2) is 13.8 Å². The van der Waals surface area contributed by atoms with Gasteiger partial charge in [-0.15, -0.1) is 10.2 Å². The first-order chi connectivity index (χ1) is 17.4. The van der Waals surface area contributed by atoms with Crippen molar-refractivity contribution in [1.82, 2.24) is 29.6 Å². The molecule has 0 spiro atoms. The number of hydrogen-bond donors (Lipinski definition) is 2. The molecular weight excluding hydrogens is 486 g/mol. The van der Waals surface area contributed by atoms with E-state index in [9.17, 15) is 23.8 Å². The predicted molar refractivity (Wildman–Crippen MR) is 128 cm³/mol. The molecule has 12 heteroatoms. The van der Waals surface area contributed by atoms with Gasteiger partial charge < -0.3 is 14.9 Å². The van der Waals surface area contributed by atoms with Crippen LogP contribution in [0.15, 0.2) is 36.5 Å². The number of aliphatic hydroxyl groups excluding tert-OH is 1. The van der Waals surface area contributed by atoms with E-state index < -0.39 is 29.3 Å². The Bertz CT molecular complexity index is 1420. The van der Waals surface area contributed by atoms with Crippen LogP contribution < -0.4 is 4.74 Å². The zero-order chi connectivity index (χ0) is 27.0. The second-order valence-corrected chi connectivity index (χ2v) is 9.88. The Hall–Kier alpha value is -3.77. The van der Waals surface area contributed by atoms with Crippen LogP contribution in [0.5, 0.6) is 5.75 Å². The van der Waals surface area contributed by atoms with Crippen LogP contribution in [-0.4, -0.2) is 57.8 Å². The van der Waals surface area contributed by atoms with Crippen molar-refractivity contribution in [2.45, 2.75) is 58.3 Å². The summed E-state index contributed by atoms with van der Waals surface area (Å²) >= 11 is 0. The molecule has 10 nitrogen and oxygen atoms in total. The fraction of sp³-hybridized carbons (Fsp3) is 0.400. The van der Waals surface area contributed by atoms with Crippen molar-refractivity contribution in [2.75, 3.05) is 6.61 Å². The lowest BCUT2D eigenvalue weighted by molar-refractivity contribution is 0.0522. The highest BCUT2D eigenvalue weighted by Crippen LogP contribution is 2.29. The molecule has 0 saturated heterocycles. The molecule has 3 heterocycles. The summed E-state index contributed by atoms with van der Waals surface area (Å²) in [6, 6.07) is 6.79. The van der Waals surface area contributed by atoms with Gasteiger partial charge in [0.2, 0.25) is 0 Å². The average molecular weight is 515 g/mol. The van der Waals surface area contributed by atoms with E-state index >= 15 is 0 Å². The highest BCUT2D eigenvalue weighted by Gasteiger charge is 2.36. The number of nitrogens with zero attached hydrogens (tertiary/aromatic N) is 6. The van der Waals surface area contributed by atoms with Crippen molar-refractivity contribution >= 4 is 11.4 Å². The van der Waals surface area contributed by atoms with E-state index in [1.165, 1.54) is 10.9 Å². The SMILES string of the molecule is Cc1nc2c(OCc3c(F)cccc3F)cccn2c1C(=O)CC(C)(CO)c1nnn(CC(C)(C)O)n1. The van der Waals surface area contributed by atoms with E-state index in [0.29, 0.717) is 11.3 Å². The van der Waals surface area contributed by atoms with Gasteiger partial charge in [0.1, 0.15) is 23.9 Å². The zero-order valence-electron chi connectivity index (χ0n) is 20.9. The Morgan fingerprint density at radius 2 is 1.84 bits per heavy atom. The van der Waals surface area contributed by atoms with Crippen molar-refractivity contribution in [1.29, 1.82) is 0 Å². The number of carbonyl (C=O) groups excluding carboxylic acids is 1. The number of fused-ring (bicyclic) bond motifs is 1. The summed E-state index contributed by atoms with van der Waals surface area (Å²) in [4.78, 5) is 19.1. The molecule has 0 aliphatic heterocycles. The molecule has 3 aromatic heterocycles. The van der Waals surface area contributed by atoms with Crippen LogP contribution >= 0.6 is 0 Å². The molecule has 0 aliphatic rings. The summed E-state index contributed by atoms with van der Waals surface area (Å²) < 4.78 is 35.3. The third-order valence-corrected chi connectivity index (χ3v) is 5.91. The first-order valence-electron chi connectivity index (χ1n) is 11.6. The largest absolute Gasteiger partial charge is 0.485 e. The number of aromatic nitrogens is 6. The van der Waals surface area contributed by atoms with Crippen LogP contribution in [0.25, 0.3) is 5.65 Å². The maximum atomic E-state index is 14.0. The number of imidazole rings is 1. The summed E-state index contributed by atoms with van der Waals surface area (Å²) in [6.07, 6.45) is 1.48. The Labute approximate surface area is 211 Å². The van der Waals surface area contributed by atoms with Gasteiger partial charge in [-0.05, 0) is 57.2 Å². The number of Topliss-reactive ketones (excluding diaryl/α,β-unsaturated/α-hetero) is 1. The molecule has 0 aliphatic carbocycles. The van der Waals surface area contributed by atoms with Gasteiger partial charge in [0.05, 0.1) is 35.4 Å². The number of carbonyl (C=O) groups is 1. The Balaban J connectivity index is 1.60. The number of aliphatic hydroxyl groups is 2. The van der Waals surface area contributed by atoms with Gasteiger partial charge in [-0.1, -0.05) is 6.07 Å². The van der Waals surface area contributed by atoms with E-state index in [1.54, 1.807) is 50.4 Å². The minimum absolute atomic E-state index is 0.0847. The van der Waals surface area contributed by atoms with Gasteiger partial charge in [0, 0.05) is 12.6 Å². The van der Waals surface area contributed by atoms with E-state index in [0.717, 1.165) is 12.1 Å². The van der Waals surface area contributed by atoms with Gasteiger partial charge >= 0.3 is 0 Å². The highest BCUT2D eigenvalue weighted by atomic mass is 19.1. The van der Waals surface area contributed by atoms with Gasteiger partial charge in [0.15, 0.2) is 23.0 Å². The number of pyridine rings is 1. The molecule has 0 saturated carbocycles. The fourth-order valence-corrected chi connectivity index (χ4v) is 3.97. The number of ether oxygens (including phenoxy) is 1. The molecule has 1 unspecified atom stereocenters. The molecule has 1 atom stereocenters. The second-order valence-electron chi connectivity index (χ2n) is 9.88.